The molecule has 1 N–H and O–H groups in total. The number of nitrogens with zero attached hydrogens (tertiary/aromatic N) is 5. The van der Waals surface area contributed by atoms with Gasteiger partial charge in [-0.1, -0.05) is 54.1 Å². The highest BCUT2D eigenvalue weighted by Gasteiger charge is 2.09. The number of amides is 1. The number of halogens is 1. The van der Waals surface area contributed by atoms with Gasteiger partial charge in [0.15, 0.2) is 0 Å². The molecule has 0 saturated carbocycles. The summed E-state index contributed by atoms with van der Waals surface area (Å²) in [4.78, 5) is 13.2. The van der Waals surface area contributed by atoms with Gasteiger partial charge in [0.05, 0.1) is 6.21 Å². The Balaban J connectivity index is 1.33. The Morgan fingerprint density at radius 1 is 1.10 bits per heavy atom. The first-order valence-electron chi connectivity index (χ1n) is 8.68. The Labute approximate surface area is 170 Å². The number of carbonyl (C=O) groups excluding carboxylic acids is 1. The van der Waals surface area contributed by atoms with Crippen molar-refractivity contribution in [2.45, 2.75) is 6.54 Å². The maximum absolute atomic E-state index is 12.0. The van der Waals surface area contributed by atoms with Gasteiger partial charge in [-0.05, 0) is 29.5 Å². The summed E-state index contributed by atoms with van der Waals surface area (Å²) < 4.78 is 5.68. The molecule has 29 heavy (non-hydrogen) atoms. The molecule has 0 spiro atoms. The van der Waals surface area contributed by atoms with Crippen molar-refractivity contribution in [2.75, 3.05) is 0 Å². The molecule has 0 saturated heterocycles. The van der Waals surface area contributed by atoms with Gasteiger partial charge in [-0.15, -0.1) is 10.2 Å². The van der Waals surface area contributed by atoms with Crippen LogP contribution in [0.1, 0.15) is 5.76 Å². The largest absolute Gasteiger partial charge is 0.455 e. The van der Waals surface area contributed by atoms with Crippen LogP contribution in [0, 0.1) is 0 Å². The zero-order chi connectivity index (χ0) is 20.1. The molecule has 4 rings (SSSR count). The molecule has 0 unspecified atom stereocenters. The summed E-state index contributed by atoms with van der Waals surface area (Å²) in [6.45, 7) is -0.108. The van der Waals surface area contributed by atoms with E-state index in [1.807, 2.05) is 42.5 Å². The molecule has 9 heteroatoms. The molecule has 0 atom stereocenters. The van der Waals surface area contributed by atoms with E-state index in [0.29, 0.717) is 22.4 Å². The van der Waals surface area contributed by atoms with Gasteiger partial charge in [0, 0.05) is 16.1 Å². The third kappa shape index (κ3) is 4.74. The molecule has 2 heterocycles. The molecule has 0 aliphatic carbocycles. The maximum atomic E-state index is 12.0. The van der Waals surface area contributed by atoms with E-state index in [9.17, 15) is 4.79 Å². The van der Waals surface area contributed by atoms with Crippen molar-refractivity contribution in [2.24, 2.45) is 5.10 Å². The van der Waals surface area contributed by atoms with E-state index in [2.05, 4.69) is 25.9 Å². The van der Waals surface area contributed by atoms with Crippen LogP contribution in [0.4, 0.5) is 0 Å². The Morgan fingerprint density at radius 2 is 1.93 bits per heavy atom. The average Bonchev–Trinajstić information content (AvgIpc) is 3.39. The van der Waals surface area contributed by atoms with Crippen molar-refractivity contribution in [3.05, 3.63) is 77.5 Å². The predicted octanol–water partition coefficient (Wildman–Crippen LogP) is 3.40. The van der Waals surface area contributed by atoms with Crippen LogP contribution in [-0.2, 0) is 11.3 Å². The maximum Gasteiger partial charge on any atom is 0.263 e. The third-order valence-electron chi connectivity index (χ3n) is 3.89. The van der Waals surface area contributed by atoms with E-state index >= 15 is 0 Å². The number of nitrogens with one attached hydrogen (secondary N) is 1. The highest BCUT2D eigenvalue weighted by atomic mass is 35.5. The number of hydrazone groups is 1. The van der Waals surface area contributed by atoms with Gasteiger partial charge < -0.3 is 4.42 Å². The summed E-state index contributed by atoms with van der Waals surface area (Å²) in [5.41, 5.74) is 4.09. The Kier molecular flexibility index (Phi) is 5.44. The monoisotopic (exact) mass is 406 g/mol. The van der Waals surface area contributed by atoms with E-state index in [-0.39, 0.29) is 12.5 Å². The van der Waals surface area contributed by atoms with Gasteiger partial charge in [-0.2, -0.15) is 9.90 Å². The van der Waals surface area contributed by atoms with Crippen LogP contribution in [0.3, 0.4) is 0 Å². The number of rotatable bonds is 6. The second-order valence-electron chi connectivity index (χ2n) is 6.02. The quantitative estimate of drug-likeness (QED) is 0.391. The van der Waals surface area contributed by atoms with Crippen molar-refractivity contribution >= 4 is 23.7 Å². The number of tetrazole rings is 1. The standard InChI is InChI=1S/C20H15ClN6O2/c21-16-8-4-7-15(11-16)18-10-9-17(29-18)12-22-23-19(28)13-27-25-20(24-26-27)14-5-2-1-3-6-14/h1-12H,13H2,(H,23,28)/b22-12+. The van der Waals surface area contributed by atoms with Crippen LogP contribution in [0.25, 0.3) is 22.7 Å². The molecule has 2 aromatic carbocycles. The Morgan fingerprint density at radius 3 is 2.76 bits per heavy atom. The molecule has 2 aromatic heterocycles. The summed E-state index contributed by atoms with van der Waals surface area (Å²) in [5.74, 6) is 1.21. The second kappa shape index (κ2) is 8.49. The van der Waals surface area contributed by atoms with Crippen LogP contribution < -0.4 is 5.43 Å². The van der Waals surface area contributed by atoms with Crippen molar-refractivity contribution < 1.29 is 9.21 Å². The second-order valence-corrected chi connectivity index (χ2v) is 6.45. The molecule has 0 bridgehead atoms. The number of aromatic nitrogens is 4. The van der Waals surface area contributed by atoms with Crippen molar-refractivity contribution in [3.63, 3.8) is 0 Å². The minimum absolute atomic E-state index is 0.108. The first-order chi connectivity index (χ1) is 14.2. The fraction of sp³-hybridized carbons (Fsp3) is 0.0500. The van der Waals surface area contributed by atoms with E-state index in [4.69, 9.17) is 16.0 Å². The molecular weight excluding hydrogens is 392 g/mol. The minimum Gasteiger partial charge on any atom is -0.455 e. The summed E-state index contributed by atoms with van der Waals surface area (Å²) >= 11 is 5.99. The Bertz CT molecular complexity index is 1150. The van der Waals surface area contributed by atoms with Crippen molar-refractivity contribution in [1.82, 2.24) is 25.6 Å². The lowest BCUT2D eigenvalue weighted by molar-refractivity contribution is -0.122. The summed E-state index contributed by atoms with van der Waals surface area (Å²) in [6.07, 6.45) is 1.41. The van der Waals surface area contributed by atoms with Crippen molar-refractivity contribution in [3.8, 4) is 22.7 Å². The lowest BCUT2D eigenvalue weighted by Crippen LogP contribution is -2.24. The summed E-state index contributed by atoms with van der Waals surface area (Å²) in [5, 5.41) is 16.5. The summed E-state index contributed by atoms with van der Waals surface area (Å²) in [6, 6.07) is 20.3. The first-order valence-corrected chi connectivity index (χ1v) is 9.06. The first kappa shape index (κ1) is 18.6. The number of carbonyl (C=O) groups is 1. The van der Waals surface area contributed by atoms with Crippen LogP contribution in [0.15, 0.2) is 76.2 Å². The molecule has 1 amide bonds. The van der Waals surface area contributed by atoms with E-state index < -0.39 is 0 Å². The third-order valence-corrected chi connectivity index (χ3v) is 4.12. The lowest BCUT2D eigenvalue weighted by atomic mass is 10.2. The Hall–Kier alpha value is -3.78. The van der Waals surface area contributed by atoms with Crippen LogP contribution in [0.5, 0.6) is 0 Å². The molecule has 0 fully saturated rings. The van der Waals surface area contributed by atoms with Gasteiger partial charge in [0.1, 0.15) is 18.1 Å². The molecule has 0 aliphatic heterocycles. The van der Waals surface area contributed by atoms with Gasteiger partial charge >= 0.3 is 0 Å². The molecule has 0 aliphatic rings. The minimum atomic E-state index is -0.389. The summed E-state index contributed by atoms with van der Waals surface area (Å²) in [7, 11) is 0. The molecule has 4 aromatic rings. The van der Waals surface area contributed by atoms with E-state index in [0.717, 1.165) is 11.1 Å². The highest BCUT2D eigenvalue weighted by molar-refractivity contribution is 6.30. The zero-order valence-corrected chi connectivity index (χ0v) is 15.8. The van der Waals surface area contributed by atoms with Crippen molar-refractivity contribution in [1.29, 1.82) is 0 Å². The number of furan rings is 1. The normalized spacial score (nSPS) is 11.1. The van der Waals surface area contributed by atoms with Gasteiger partial charge in [-0.3, -0.25) is 4.79 Å². The highest BCUT2D eigenvalue weighted by Crippen LogP contribution is 2.24. The van der Waals surface area contributed by atoms with Gasteiger partial charge in [0.25, 0.3) is 5.91 Å². The van der Waals surface area contributed by atoms with Gasteiger partial charge in [-0.25, -0.2) is 5.43 Å². The van der Waals surface area contributed by atoms with Crippen LogP contribution >= 0.6 is 11.6 Å². The number of hydrogen-bond donors (Lipinski definition) is 1. The fourth-order valence-electron chi connectivity index (χ4n) is 2.56. The van der Waals surface area contributed by atoms with Gasteiger partial charge in [0.2, 0.25) is 5.82 Å². The molecular formula is C20H15ClN6O2. The topological polar surface area (TPSA) is 98.2 Å². The van der Waals surface area contributed by atoms with E-state index in [1.165, 1.54) is 11.0 Å². The smallest absolute Gasteiger partial charge is 0.263 e. The predicted molar refractivity (Wildman–Crippen MR) is 108 cm³/mol. The van der Waals surface area contributed by atoms with Crippen LogP contribution in [0.2, 0.25) is 5.02 Å². The zero-order valence-electron chi connectivity index (χ0n) is 15.1. The van der Waals surface area contributed by atoms with Crippen LogP contribution in [-0.4, -0.2) is 32.3 Å². The molecule has 0 radical (unpaired) electrons. The lowest BCUT2D eigenvalue weighted by Gasteiger charge is -1.98. The molecule has 8 nitrogen and oxygen atoms in total. The van der Waals surface area contributed by atoms with E-state index in [1.54, 1.807) is 24.3 Å². The number of hydrogen-bond acceptors (Lipinski definition) is 6. The average molecular weight is 407 g/mol. The number of benzene rings is 2. The fourth-order valence-corrected chi connectivity index (χ4v) is 2.75. The molecule has 144 valence electrons. The SMILES string of the molecule is O=C(Cn1nnc(-c2ccccc2)n1)N/N=C/c1ccc(-c2cccc(Cl)c2)o1.